The molecule has 0 spiro atoms. The van der Waals surface area contributed by atoms with Gasteiger partial charge < -0.3 is 14.1 Å². The van der Waals surface area contributed by atoms with Crippen LogP contribution < -0.4 is 0 Å². The molecule has 4 nitrogen and oxygen atoms in total. The van der Waals surface area contributed by atoms with Crippen molar-refractivity contribution >= 4 is 14.0 Å². The molecule has 0 aliphatic carbocycles. The Morgan fingerprint density at radius 3 is 1.74 bits per heavy atom. The third-order valence-corrected chi connectivity index (χ3v) is 5.40. The van der Waals surface area contributed by atoms with Crippen molar-refractivity contribution in [3.05, 3.63) is 11.6 Å². The van der Waals surface area contributed by atoms with E-state index in [1.165, 1.54) is 20.1 Å². The fourth-order valence-corrected chi connectivity index (χ4v) is 3.14. The highest BCUT2D eigenvalue weighted by atomic mass is 19.4. The molecule has 0 rings (SSSR count). The molecule has 0 bridgehead atoms. The number of halogens is 6. The Kier molecular flexibility index (Phi) is 9.75. The Balaban J connectivity index is 6.34. The quantitative estimate of drug-likeness (QED) is 0.182. The normalized spacial score (nSPS) is 16.6. The van der Waals surface area contributed by atoms with Crippen LogP contribution in [0.5, 0.6) is 0 Å². The summed E-state index contributed by atoms with van der Waals surface area (Å²) in [4.78, 5) is 13.1. The number of hydrogen-bond acceptors (Lipinski definition) is 4. The number of carbonyl (C=O) groups excluding carboxylic acids is 1. The number of ether oxygens (including phenoxy) is 2. The van der Waals surface area contributed by atoms with E-state index in [-0.39, 0.29) is 12.3 Å². The average molecular weight is 460 g/mol. The van der Waals surface area contributed by atoms with Gasteiger partial charge in [0.2, 0.25) is 5.60 Å². The van der Waals surface area contributed by atoms with Crippen molar-refractivity contribution < 1.29 is 45.3 Å². The number of rotatable bonds is 10. The number of esters is 1. The summed E-state index contributed by atoms with van der Waals surface area (Å²) in [6, 6.07) is 0. The Bertz CT molecular complexity index is 625. The third kappa shape index (κ3) is 6.63. The molecule has 180 valence electrons. The molecular weight excluding hydrogens is 429 g/mol. The smallest absolute Gasteiger partial charge is 0.425 e. The second kappa shape index (κ2) is 10.1. The zero-order chi connectivity index (χ0) is 25.1. The highest BCUT2D eigenvalue weighted by Crippen LogP contribution is 2.49. The van der Waals surface area contributed by atoms with E-state index >= 15 is 0 Å². The highest BCUT2D eigenvalue weighted by Gasteiger charge is 2.72. The zero-order valence-electron chi connectivity index (χ0n) is 19.1. The van der Waals surface area contributed by atoms with Crippen LogP contribution in [-0.4, -0.2) is 50.8 Å². The van der Waals surface area contributed by atoms with E-state index < -0.39 is 47.5 Å². The summed E-state index contributed by atoms with van der Waals surface area (Å²) in [7, 11) is 5.85. The van der Waals surface area contributed by atoms with E-state index in [0.29, 0.717) is 5.57 Å². The molecule has 0 saturated heterocycles. The second-order valence-corrected chi connectivity index (χ2v) is 8.94. The van der Waals surface area contributed by atoms with Gasteiger partial charge in [0, 0.05) is 13.5 Å². The molecule has 0 heterocycles. The first kappa shape index (κ1) is 29.8. The fourth-order valence-electron chi connectivity index (χ4n) is 3.14. The number of hydrogen-bond donors (Lipinski definition) is 0. The summed E-state index contributed by atoms with van der Waals surface area (Å²) in [5.74, 6) is -1.42. The van der Waals surface area contributed by atoms with Gasteiger partial charge in [-0.15, -0.1) is 0 Å². The Hall–Kier alpha value is -1.23. The summed E-state index contributed by atoms with van der Waals surface area (Å²) in [5.41, 5.74) is -6.70. The zero-order valence-corrected chi connectivity index (χ0v) is 19.1. The van der Waals surface area contributed by atoms with Crippen LogP contribution in [0.4, 0.5) is 26.3 Å². The average Bonchev–Trinajstić information content (AvgIpc) is 2.55. The molecule has 0 fully saturated rings. The van der Waals surface area contributed by atoms with Crippen LogP contribution in [0, 0.1) is 11.3 Å². The number of alkyl halides is 6. The van der Waals surface area contributed by atoms with Gasteiger partial charge in [0.1, 0.15) is 11.5 Å². The number of carbonyl (C=O) groups is 1. The summed E-state index contributed by atoms with van der Waals surface area (Å²) < 4.78 is 94.9. The summed E-state index contributed by atoms with van der Waals surface area (Å²) >= 11 is 0. The van der Waals surface area contributed by atoms with Crippen molar-refractivity contribution in [3.8, 4) is 0 Å². The van der Waals surface area contributed by atoms with Crippen molar-refractivity contribution in [2.24, 2.45) is 11.3 Å². The molecule has 0 saturated carbocycles. The molecule has 0 aromatic rings. The molecule has 0 aromatic heterocycles. The van der Waals surface area contributed by atoms with Gasteiger partial charge in [-0.2, -0.15) is 26.3 Å². The van der Waals surface area contributed by atoms with Gasteiger partial charge in [0.25, 0.3) is 8.05 Å². The van der Waals surface area contributed by atoms with Crippen molar-refractivity contribution in [1.29, 1.82) is 0 Å². The molecule has 2 unspecified atom stereocenters. The largest absolute Gasteiger partial charge is 0.462 e. The lowest BCUT2D eigenvalue weighted by Crippen LogP contribution is -2.60. The predicted molar refractivity (Wildman–Crippen MR) is 104 cm³/mol. The molecule has 0 aliphatic rings. The van der Waals surface area contributed by atoms with E-state index in [4.69, 9.17) is 9.47 Å². The Labute approximate surface area is 181 Å². The van der Waals surface area contributed by atoms with Crippen molar-refractivity contribution in [3.63, 3.8) is 0 Å². The standard InChI is InChI=1S/C20H31BF6O4/c1-12(2)9-14(11-18(31-21,19(22,23)24)20(25,26)27)30-15(28)17(7,10-13(3)4)16(5,6)29-8/h10,12,14H,9,11H2,1-8H3. The Morgan fingerprint density at radius 1 is 1.00 bits per heavy atom. The molecule has 0 aliphatic heterocycles. The van der Waals surface area contributed by atoms with Crippen LogP contribution in [0.15, 0.2) is 11.6 Å². The van der Waals surface area contributed by atoms with Crippen LogP contribution in [0.3, 0.4) is 0 Å². The maximum atomic E-state index is 13.5. The van der Waals surface area contributed by atoms with E-state index in [1.54, 1.807) is 41.5 Å². The van der Waals surface area contributed by atoms with Gasteiger partial charge in [0.15, 0.2) is 0 Å². The second-order valence-electron chi connectivity index (χ2n) is 8.94. The van der Waals surface area contributed by atoms with E-state index in [0.717, 1.165) is 0 Å². The van der Waals surface area contributed by atoms with Crippen LogP contribution >= 0.6 is 0 Å². The lowest BCUT2D eigenvalue weighted by atomic mass is 9.74. The molecule has 0 N–H and O–H groups in total. The SMILES string of the molecule is [B]OC(CC(CC(C)C)OC(=O)C(C)(C=C(C)C)C(C)(C)OC)(C(F)(F)F)C(F)(F)F. The summed E-state index contributed by atoms with van der Waals surface area (Å²) in [6.45, 7) is 11.1. The fraction of sp³-hybridized carbons (Fsp3) is 0.850. The van der Waals surface area contributed by atoms with E-state index in [1.807, 2.05) is 0 Å². The lowest BCUT2D eigenvalue weighted by molar-refractivity contribution is -0.363. The van der Waals surface area contributed by atoms with Gasteiger partial charge in [-0.3, -0.25) is 4.79 Å². The van der Waals surface area contributed by atoms with E-state index in [9.17, 15) is 31.1 Å². The summed E-state index contributed by atoms with van der Waals surface area (Å²) in [5, 5.41) is 0. The first-order valence-electron chi connectivity index (χ1n) is 9.64. The van der Waals surface area contributed by atoms with Gasteiger partial charge in [-0.05, 0) is 47.0 Å². The molecule has 0 aromatic carbocycles. The predicted octanol–water partition coefficient (Wildman–Crippen LogP) is 5.70. The third-order valence-electron chi connectivity index (χ3n) is 5.40. The molecule has 2 atom stereocenters. The minimum Gasteiger partial charge on any atom is -0.462 e. The van der Waals surface area contributed by atoms with Crippen LogP contribution in [0.2, 0.25) is 0 Å². The maximum absolute atomic E-state index is 13.5. The maximum Gasteiger partial charge on any atom is 0.425 e. The lowest BCUT2D eigenvalue weighted by Gasteiger charge is -2.42. The molecule has 2 radical (unpaired) electrons. The minimum absolute atomic E-state index is 0.276. The van der Waals surface area contributed by atoms with Gasteiger partial charge in [-0.1, -0.05) is 25.5 Å². The van der Waals surface area contributed by atoms with Gasteiger partial charge >= 0.3 is 18.3 Å². The molecule has 0 amide bonds. The number of methoxy groups -OCH3 is 1. The van der Waals surface area contributed by atoms with Crippen molar-refractivity contribution in [2.75, 3.05) is 7.11 Å². The Morgan fingerprint density at radius 2 is 1.45 bits per heavy atom. The van der Waals surface area contributed by atoms with Crippen molar-refractivity contribution in [2.45, 2.75) is 91.0 Å². The van der Waals surface area contributed by atoms with Crippen LogP contribution in [0.25, 0.3) is 0 Å². The number of allylic oxidation sites excluding steroid dienone is 1. The monoisotopic (exact) mass is 460 g/mol. The van der Waals surface area contributed by atoms with E-state index in [2.05, 4.69) is 12.7 Å². The molecule has 11 heteroatoms. The first-order valence-corrected chi connectivity index (χ1v) is 9.64. The minimum atomic E-state index is -5.89. The van der Waals surface area contributed by atoms with Crippen LogP contribution in [0.1, 0.15) is 61.3 Å². The van der Waals surface area contributed by atoms with Crippen molar-refractivity contribution in [1.82, 2.24) is 0 Å². The summed E-state index contributed by atoms with van der Waals surface area (Å²) in [6.07, 6.45) is -14.1. The van der Waals surface area contributed by atoms with Gasteiger partial charge in [0.05, 0.1) is 5.60 Å². The highest BCUT2D eigenvalue weighted by molar-refractivity contribution is 5.98. The molecule has 31 heavy (non-hydrogen) atoms. The topological polar surface area (TPSA) is 44.8 Å². The van der Waals surface area contributed by atoms with Crippen LogP contribution in [-0.2, 0) is 18.9 Å². The molecular formula is C20H31BF6O4. The van der Waals surface area contributed by atoms with Gasteiger partial charge in [-0.25, -0.2) is 0 Å². The first-order chi connectivity index (χ1) is 13.7.